The standard InChI is InChI=1S/C12H11FN4O3/c1-7-6-15-12(14-2)16-11(7)20-8-3-4-10(17(18)19)9(13)5-8/h3-6H,1-2H3,(H,14,15,16). The van der Waals surface area contributed by atoms with Crippen molar-refractivity contribution in [2.24, 2.45) is 0 Å². The lowest BCUT2D eigenvalue weighted by Crippen LogP contribution is -2.00. The van der Waals surface area contributed by atoms with E-state index in [9.17, 15) is 14.5 Å². The van der Waals surface area contributed by atoms with E-state index in [0.29, 0.717) is 11.5 Å². The molecule has 1 heterocycles. The number of nitrogens with one attached hydrogen (secondary N) is 1. The minimum Gasteiger partial charge on any atom is -0.438 e. The Kier molecular flexibility index (Phi) is 3.74. The van der Waals surface area contributed by atoms with Crippen LogP contribution >= 0.6 is 0 Å². The Bertz CT molecular complexity index is 663. The Labute approximate surface area is 113 Å². The summed E-state index contributed by atoms with van der Waals surface area (Å²) in [4.78, 5) is 17.8. The molecule has 0 saturated carbocycles. The van der Waals surface area contributed by atoms with Gasteiger partial charge in [0.25, 0.3) is 0 Å². The summed E-state index contributed by atoms with van der Waals surface area (Å²) in [6.45, 7) is 1.73. The SMILES string of the molecule is CNc1ncc(C)c(Oc2ccc([N+](=O)[O-])c(F)c2)n1. The molecule has 0 aliphatic carbocycles. The van der Waals surface area contributed by atoms with Gasteiger partial charge in [-0.25, -0.2) is 4.98 Å². The molecular formula is C12H11FN4O3. The van der Waals surface area contributed by atoms with E-state index >= 15 is 0 Å². The van der Waals surface area contributed by atoms with Crippen molar-refractivity contribution in [3.05, 3.63) is 45.9 Å². The second-order valence-electron chi connectivity index (χ2n) is 3.90. The monoisotopic (exact) mass is 278 g/mol. The third-order valence-corrected chi connectivity index (χ3v) is 2.48. The van der Waals surface area contributed by atoms with Crippen LogP contribution in [0.15, 0.2) is 24.4 Å². The number of hydrogen-bond acceptors (Lipinski definition) is 6. The molecule has 20 heavy (non-hydrogen) atoms. The number of nitrogens with zero attached hydrogens (tertiary/aromatic N) is 3. The van der Waals surface area contributed by atoms with Gasteiger partial charge in [0.2, 0.25) is 17.6 Å². The van der Waals surface area contributed by atoms with Crippen LogP contribution in [0, 0.1) is 22.9 Å². The summed E-state index contributed by atoms with van der Waals surface area (Å²) in [6.07, 6.45) is 1.55. The maximum atomic E-state index is 13.5. The molecule has 7 nitrogen and oxygen atoms in total. The van der Waals surface area contributed by atoms with Gasteiger partial charge in [0, 0.05) is 30.9 Å². The van der Waals surface area contributed by atoms with Crippen LogP contribution < -0.4 is 10.1 Å². The predicted molar refractivity (Wildman–Crippen MR) is 69.4 cm³/mol. The van der Waals surface area contributed by atoms with Crippen molar-refractivity contribution in [1.82, 2.24) is 9.97 Å². The highest BCUT2D eigenvalue weighted by molar-refractivity contribution is 5.41. The van der Waals surface area contributed by atoms with Gasteiger partial charge >= 0.3 is 5.69 Å². The van der Waals surface area contributed by atoms with Crippen molar-refractivity contribution in [3.63, 3.8) is 0 Å². The number of rotatable bonds is 4. The van der Waals surface area contributed by atoms with Crippen LogP contribution in [0.4, 0.5) is 16.0 Å². The van der Waals surface area contributed by atoms with Gasteiger partial charge in [0.05, 0.1) is 4.92 Å². The first kappa shape index (κ1) is 13.7. The molecule has 0 bridgehead atoms. The zero-order valence-corrected chi connectivity index (χ0v) is 10.8. The summed E-state index contributed by atoms with van der Waals surface area (Å²) < 4.78 is 18.9. The third-order valence-electron chi connectivity index (χ3n) is 2.48. The van der Waals surface area contributed by atoms with Crippen LogP contribution in [0.3, 0.4) is 0 Å². The first-order valence-electron chi connectivity index (χ1n) is 5.64. The topological polar surface area (TPSA) is 90.2 Å². The summed E-state index contributed by atoms with van der Waals surface area (Å²) in [6, 6.07) is 3.29. The van der Waals surface area contributed by atoms with Gasteiger partial charge in [-0.15, -0.1) is 0 Å². The lowest BCUT2D eigenvalue weighted by atomic mass is 10.3. The van der Waals surface area contributed by atoms with E-state index in [1.807, 2.05) is 0 Å². The highest BCUT2D eigenvalue weighted by atomic mass is 19.1. The quantitative estimate of drug-likeness (QED) is 0.683. The van der Waals surface area contributed by atoms with Gasteiger partial charge in [-0.1, -0.05) is 0 Å². The molecule has 1 N–H and O–H groups in total. The van der Waals surface area contributed by atoms with E-state index in [1.165, 1.54) is 6.07 Å². The van der Waals surface area contributed by atoms with Crippen LogP contribution in [-0.4, -0.2) is 21.9 Å². The van der Waals surface area contributed by atoms with Gasteiger partial charge in [-0.2, -0.15) is 9.37 Å². The lowest BCUT2D eigenvalue weighted by molar-refractivity contribution is -0.387. The van der Waals surface area contributed by atoms with Crippen LogP contribution in [0.2, 0.25) is 0 Å². The summed E-state index contributed by atoms with van der Waals surface area (Å²) in [5.74, 6) is -0.240. The van der Waals surface area contributed by atoms with E-state index in [1.54, 1.807) is 20.2 Å². The van der Waals surface area contributed by atoms with Gasteiger partial charge in [-0.3, -0.25) is 10.1 Å². The molecular weight excluding hydrogens is 267 g/mol. The lowest BCUT2D eigenvalue weighted by Gasteiger charge is -2.08. The Morgan fingerprint density at radius 2 is 2.20 bits per heavy atom. The number of hydrogen-bond donors (Lipinski definition) is 1. The summed E-state index contributed by atoms with van der Waals surface area (Å²) in [5, 5.41) is 13.3. The van der Waals surface area contributed by atoms with Gasteiger partial charge in [-0.05, 0) is 13.0 Å². The molecule has 0 amide bonds. The molecule has 0 unspecified atom stereocenters. The number of benzene rings is 1. The fraction of sp³-hybridized carbons (Fsp3) is 0.167. The summed E-state index contributed by atoms with van der Waals surface area (Å²) >= 11 is 0. The average molecular weight is 278 g/mol. The molecule has 2 aromatic rings. The number of aryl methyl sites for hydroxylation is 1. The van der Waals surface area contributed by atoms with Crippen molar-refractivity contribution in [3.8, 4) is 11.6 Å². The van der Waals surface area contributed by atoms with Crippen molar-refractivity contribution in [2.75, 3.05) is 12.4 Å². The fourth-order valence-corrected chi connectivity index (χ4v) is 1.46. The maximum Gasteiger partial charge on any atom is 0.305 e. The highest BCUT2D eigenvalue weighted by Crippen LogP contribution is 2.27. The molecule has 104 valence electrons. The minimum absolute atomic E-state index is 0.122. The fourth-order valence-electron chi connectivity index (χ4n) is 1.46. The molecule has 1 aromatic carbocycles. The molecule has 0 aliphatic rings. The first-order valence-corrected chi connectivity index (χ1v) is 5.64. The summed E-state index contributed by atoms with van der Waals surface area (Å²) in [5.41, 5.74) is 0.0513. The molecule has 0 aliphatic heterocycles. The van der Waals surface area contributed by atoms with Crippen LogP contribution in [0.5, 0.6) is 11.6 Å². The van der Waals surface area contributed by atoms with E-state index in [4.69, 9.17) is 4.74 Å². The van der Waals surface area contributed by atoms with Crippen LogP contribution in [0.1, 0.15) is 5.56 Å². The Morgan fingerprint density at radius 3 is 2.80 bits per heavy atom. The smallest absolute Gasteiger partial charge is 0.305 e. The van der Waals surface area contributed by atoms with Crippen LogP contribution in [0.25, 0.3) is 0 Å². The average Bonchev–Trinajstić information content (AvgIpc) is 2.41. The van der Waals surface area contributed by atoms with Crippen molar-refractivity contribution in [2.45, 2.75) is 6.92 Å². The van der Waals surface area contributed by atoms with Crippen molar-refractivity contribution in [1.29, 1.82) is 0 Å². The molecule has 0 radical (unpaired) electrons. The Morgan fingerprint density at radius 1 is 1.45 bits per heavy atom. The Hall–Kier alpha value is -2.77. The number of nitro benzene ring substituents is 1. The van der Waals surface area contributed by atoms with E-state index in [2.05, 4.69) is 15.3 Å². The van der Waals surface area contributed by atoms with E-state index in [-0.39, 0.29) is 11.6 Å². The molecule has 8 heteroatoms. The zero-order valence-electron chi connectivity index (χ0n) is 10.8. The predicted octanol–water partition coefficient (Wildman–Crippen LogP) is 2.67. The molecule has 2 rings (SSSR count). The minimum atomic E-state index is -0.965. The van der Waals surface area contributed by atoms with Crippen molar-refractivity contribution < 1.29 is 14.1 Å². The second kappa shape index (κ2) is 5.47. The number of halogens is 1. The number of ether oxygens (including phenoxy) is 1. The van der Waals surface area contributed by atoms with Crippen LogP contribution in [-0.2, 0) is 0 Å². The molecule has 0 spiro atoms. The highest BCUT2D eigenvalue weighted by Gasteiger charge is 2.15. The first-order chi connectivity index (χ1) is 9.51. The van der Waals surface area contributed by atoms with Gasteiger partial charge < -0.3 is 10.1 Å². The second-order valence-corrected chi connectivity index (χ2v) is 3.90. The normalized spacial score (nSPS) is 10.2. The van der Waals surface area contributed by atoms with Gasteiger partial charge in [0.15, 0.2) is 0 Å². The largest absolute Gasteiger partial charge is 0.438 e. The summed E-state index contributed by atoms with van der Waals surface area (Å²) in [7, 11) is 1.65. The maximum absolute atomic E-state index is 13.5. The van der Waals surface area contributed by atoms with Crippen molar-refractivity contribution >= 4 is 11.6 Å². The zero-order chi connectivity index (χ0) is 14.7. The molecule has 0 fully saturated rings. The third kappa shape index (κ3) is 2.79. The number of anilines is 1. The molecule has 0 atom stereocenters. The van der Waals surface area contributed by atoms with Gasteiger partial charge in [0.1, 0.15) is 5.75 Å². The number of aromatic nitrogens is 2. The molecule has 1 aromatic heterocycles. The van der Waals surface area contributed by atoms with E-state index in [0.717, 1.165) is 12.1 Å². The van der Waals surface area contributed by atoms with E-state index < -0.39 is 16.4 Å². The number of nitro groups is 1. The molecule has 0 saturated heterocycles. The Balaban J connectivity index is 2.30.